The van der Waals surface area contributed by atoms with Gasteiger partial charge in [-0.05, 0) is 58.8 Å². The molecular weight excluding hydrogens is 268 g/mol. The van der Waals surface area contributed by atoms with Crippen LogP contribution in [0.5, 0.6) is 0 Å². The summed E-state index contributed by atoms with van der Waals surface area (Å²) in [4.78, 5) is 12.0. The van der Waals surface area contributed by atoms with Crippen molar-refractivity contribution in [1.82, 2.24) is 10.6 Å². The molecule has 5 heteroatoms. The van der Waals surface area contributed by atoms with Crippen molar-refractivity contribution in [3.05, 3.63) is 0 Å². The van der Waals surface area contributed by atoms with Gasteiger partial charge >= 0.3 is 6.03 Å². The van der Waals surface area contributed by atoms with Crippen LogP contribution in [-0.4, -0.2) is 43.5 Å². The number of hydrogen-bond acceptors (Lipinski definition) is 3. The molecule has 0 spiro atoms. The molecule has 0 aromatic rings. The van der Waals surface area contributed by atoms with E-state index in [0.717, 1.165) is 44.9 Å². The molecule has 2 atom stereocenters. The maximum Gasteiger partial charge on any atom is 0.315 e. The molecule has 21 heavy (non-hydrogen) atoms. The lowest BCUT2D eigenvalue weighted by Crippen LogP contribution is -2.47. The predicted octanol–water partition coefficient (Wildman–Crippen LogP) is 2.59. The zero-order valence-corrected chi connectivity index (χ0v) is 13.6. The number of rotatable bonds is 5. The van der Waals surface area contributed by atoms with Crippen molar-refractivity contribution >= 4 is 6.03 Å². The van der Waals surface area contributed by atoms with Crippen LogP contribution >= 0.6 is 0 Å². The molecule has 0 unspecified atom stereocenters. The number of amides is 2. The summed E-state index contributed by atoms with van der Waals surface area (Å²) in [7, 11) is 1.74. The number of urea groups is 1. The van der Waals surface area contributed by atoms with Gasteiger partial charge in [0.2, 0.25) is 0 Å². The minimum atomic E-state index is -0.0232. The average Bonchev–Trinajstić information content (AvgIpc) is 2.88. The molecule has 2 fully saturated rings. The van der Waals surface area contributed by atoms with Gasteiger partial charge in [-0.15, -0.1) is 0 Å². The van der Waals surface area contributed by atoms with E-state index in [4.69, 9.17) is 9.47 Å². The third-order valence-electron chi connectivity index (χ3n) is 4.53. The fraction of sp³-hybridized carbons (Fsp3) is 0.938. The summed E-state index contributed by atoms with van der Waals surface area (Å²) in [6, 6.07) is 0.525. The van der Waals surface area contributed by atoms with E-state index in [1.165, 1.54) is 0 Å². The van der Waals surface area contributed by atoms with E-state index in [-0.39, 0.29) is 18.1 Å². The van der Waals surface area contributed by atoms with Gasteiger partial charge in [-0.2, -0.15) is 0 Å². The van der Waals surface area contributed by atoms with Crippen LogP contribution in [0.25, 0.3) is 0 Å². The summed E-state index contributed by atoms with van der Waals surface area (Å²) in [5, 5.41) is 6.18. The molecule has 0 heterocycles. The molecule has 0 aliphatic heterocycles. The number of carbonyl (C=O) groups excluding carboxylic acids is 1. The van der Waals surface area contributed by atoms with Crippen LogP contribution in [0.1, 0.15) is 58.8 Å². The van der Waals surface area contributed by atoms with Crippen LogP contribution in [0.3, 0.4) is 0 Å². The number of hydrogen-bond donors (Lipinski definition) is 2. The zero-order valence-electron chi connectivity index (χ0n) is 13.6. The molecule has 2 amide bonds. The highest BCUT2D eigenvalue weighted by Crippen LogP contribution is 2.23. The van der Waals surface area contributed by atoms with E-state index >= 15 is 0 Å². The van der Waals surface area contributed by atoms with Crippen molar-refractivity contribution in [2.75, 3.05) is 7.11 Å². The van der Waals surface area contributed by atoms with Crippen molar-refractivity contribution in [2.24, 2.45) is 0 Å². The molecule has 0 aromatic carbocycles. The van der Waals surface area contributed by atoms with E-state index < -0.39 is 0 Å². The second-order valence-electron chi connectivity index (χ2n) is 6.64. The fourth-order valence-corrected chi connectivity index (χ4v) is 3.43. The Morgan fingerprint density at radius 3 is 2.10 bits per heavy atom. The molecule has 2 saturated carbocycles. The van der Waals surface area contributed by atoms with Crippen molar-refractivity contribution in [1.29, 1.82) is 0 Å². The molecule has 0 radical (unpaired) electrons. The van der Waals surface area contributed by atoms with Gasteiger partial charge < -0.3 is 20.1 Å². The second kappa shape index (κ2) is 7.99. The Balaban J connectivity index is 1.63. The quantitative estimate of drug-likeness (QED) is 0.820. The lowest BCUT2D eigenvalue weighted by molar-refractivity contribution is -0.0156. The van der Waals surface area contributed by atoms with Gasteiger partial charge in [-0.1, -0.05) is 0 Å². The van der Waals surface area contributed by atoms with Crippen LogP contribution in [0.4, 0.5) is 4.79 Å². The van der Waals surface area contributed by atoms with E-state index in [0.29, 0.717) is 18.3 Å². The van der Waals surface area contributed by atoms with Crippen LogP contribution in [0.2, 0.25) is 0 Å². The van der Waals surface area contributed by atoms with Gasteiger partial charge in [0.05, 0.1) is 18.3 Å². The number of ether oxygens (including phenoxy) is 2. The molecule has 2 aliphatic rings. The average molecular weight is 298 g/mol. The lowest BCUT2D eigenvalue weighted by atomic mass is 9.93. The van der Waals surface area contributed by atoms with Gasteiger partial charge in [0.15, 0.2) is 0 Å². The van der Waals surface area contributed by atoms with Gasteiger partial charge in [-0.25, -0.2) is 4.79 Å². The molecule has 2 rings (SSSR count). The van der Waals surface area contributed by atoms with Gasteiger partial charge in [0.1, 0.15) is 0 Å². The van der Waals surface area contributed by atoms with E-state index in [1.807, 2.05) is 0 Å². The molecule has 122 valence electrons. The van der Waals surface area contributed by atoms with Crippen LogP contribution in [-0.2, 0) is 9.47 Å². The summed E-state index contributed by atoms with van der Waals surface area (Å²) in [6.07, 6.45) is 8.04. The second-order valence-corrected chi connectivity index (χ2v) is 6.64. The first-order valence-corrected chi connectivity index (χ1v) is 8.32. The minimum Gasteiger partial charge on any atom is -0.381 e. The number of carbonyl (C=O) groups is 1. The minimum absolute atomic E-state index is 0.0232. The summed E-state index contributed by atoms with van der Waals surface area (Å²) < 4.78 is 11.2. The first-order chi connectivity index (χ1) is 10.1. The summed E-state index contributed by atoms with van der Waals surface area (Å²) in [6.45, 7) is 4.15. The van der Waals surface area contributed by atoms with E-state index in [9.17, 15) is 4.79 Å². The van der Waals surface area contributed by atoms with E-state index in [2.05, 4.69) is 24.5 Å². The van der Waals surface area contributed by atoms with Gasteiger partial charge in [0.25, 0.3) is 0 Å². The van der Waals surface area contributed by atoms with Crippen LogP contribution in [0.15, 0.2) is 0 Å². The highest BCUT2D eigenvalue weighted by Gasteiger charge is 2.27. The van der Waals surface area contributed by atoms with Crippen molar-refractivity contribution < 1.29 is 14.3 Å². The maximum atomic E-state index is 12.0. The molecule has 2 N–H and O–H groups in total. The molecule has 0 aromatic heterocycles. The standard InChI is InChI=1S/C16H30N2O3/c1-11(2)21-14-7-4-12(5-8-14)17-16(19)18-13-6-9-15(10-13)20-3/h11-15H,4-10H2,1-3H3,(H2,17,18,19)/t12?,13-,14?,15-/m1/s1. The van der Waals surface area contributed by atoms with Gasteiger partial charge in [0, 0.05) is 19.2 Å². The lowest BCUT2D eigenvalue weighted by Gasteiger charge is -2.30. The first-order valence-electron chi connectivity index (χ1n) is 8.32. The highest BCUT2D eigenvalue weighted by molar-refractivity contribution is 5.74. The van der Waals surface area contributed by atoms with Crippen LogP contribution in [0, 0.1) is 0 Å². The zero-order chi connectivity index (χ0) is 15.2. The molecule has 5 nitrogen and oxygen atoms in total. The predicted molar refractivity (Wildman–Crippen MR) is 82.4 cm³/mol. The molecule has 2 aliphatic carbocycles. The Bertz CT molecular complexity index is 327. The maximum absolute atomic E-state index is 12.0. The van der Waals surface area contributed by atoms with Crippen molar-refractivity contribution in [3.63, 3.8) is 0 Å². The summed E-state index contributed by atoms with van der Waals surface area (Å²) in [5.74, 6) is 0. The van der Waals surface area contributed by atoms with E-state index in [1.54, 1.807) is 7.11 Å². The fourth-order valence-electron chi connectivity index (χ4n) is 3.43. The Morgan fingerprint density at radius 1 is 0.952 bits per heavy atom. The third-order valence-corrected chi connectivity index (χ3v) is 4.53. The Labute approximate surface area is 128 Å². The Morgan fingerprint density at radius 2 is 1.52 bits per heavy atom. The monoisotopic (exact) mass is 298 g/mol. The van der Waals surface area contributed by atoms with Crippen molar-refractivity contribution in [3.8, 4) is 0 Å². The first kappa shape index (κ1) is 16.6. The SMILES string of the molecule is CO[C@@H]1CC[C@@H](NC(=O)NC2CCC(OC(C)C)CC2)C1. The number of nitrogens with one attached hydrogen (secondary N) is 2. The largest absolute Gasteiger partial charge is 0.381 e. The Hall–Kier alpha value is -0.810. The smallest absolute Gasteiger partial charge is 0.315 e. The summed E-state index contributed by atoms with van der Waals surface area (Å²) in [5.41, 5.74) is 0. The number of methoxy groups -OCH3 is 1. The Kier molecular flexibility index (Phi) is 6.30. The highest BCUT2D eigenvalue weighted by atomic mass is 16.5. The normalized spacial score (nSPS) is 33.1. The molecule has 0 saturated heterocycles. The molecule has 0 bridgehead atoms. The van der Waals surface area contributed by atoms with Crippen molar-refractivity contribution in [2.45, 2.75) is 89.2 Å². The third kappa shape index (κ3) is 5.47. The van der Waals surface area contributed by atoms with Crippen LogP contribution < -0.4 is 10.6 Å². The van der Waals surface area contributed by atoms with Gasteiger partial charge in [-0.3, -0.25) is 0 Å². The topological polar surface area (TPSA) is 59.6 Å². The molecular formula is C16H30N2O3. The summed E-state index contributed by atoms with van der Waals surface area (Å²) >= 11 is 0.